The summed E-state index contributed by atoms with van der Waals surface area (Å²) < 4.78 is 5.27. The summed E-state index contributed by atoms with van der Waals surface area (Å²) in [7, 11) is 0. The van der Waals surface area contributed by atoms with E-state index in [9.17, 15) is 9.90 Å². The molecule has 0 atom stereocenters. The molecule has 22 heavy (non-hydrogen) atoms. The third-order valence-electron chi connectivity index (χ3n) is 4.10. The van der Waals surface area contributed by atoms with Crippen LogP contribution in [0, 0.1) is 0 Å². The molecule has 5 nitrogen and oxygen atoms in total. The Balaban J connectivity index is 1.48. The summed E-state index contributed by atoms with van der Waals surface area (Å²) in [6.07, 6.45) is 0. The van der Waals surface area contributed by atoms with Crippen molar-refractivity contribution < 1.29 is 19.2 Å². The van der Waals surface area contributed by atoms with Crippen LogP contribution >= 0.6 is 0 Å². The molecule has 3 rings (SSSR count). The van der Waals surface area contributed by atoms with Crippen LogP contribution < -0.4 is 10.0 Å². The number of piperazine rings is 1. The third-order valence-corrected chi connectivity index (χ3v) is 4.10. The van der Waals surface area contributed by atoms with Gasteiger partial charge in [0.1, 0.15) is 18.3 Å². The molecule has 0 bridgehead atoms. The Labute approximate surface area is 129 Å². The topological polar surface area (TPSA) is 60.9 Å². The van der Waals surface area contributed by atoms with Crippen molar-refractivity contribution in [2.75, 3.05) is 26.2 Å². The van der Waals surface area contributed by atoms with Crippen LogP contribution in [0.2, 0.25) is 0 Å². The highest BCUT2D eigenvalue weighted by Gasteiger charge is 2.21. The van der Waals surface area contributed by atoms with Crippen LogP contribution in [0.15, 0.2) is 46.9 Å². The number of rotatable bonds is 5. The normalized spacial score (nSPS) is 16.7. The fraction of sp³-hybridized carbons (Fsp3) is 0.353. The minimum Gasteiger partial charge on any atom is -0.542 e. The first-order chi connectivity index (χ1) is 10.7. The molecule has 1 aliphatic rings. The second-order valence-electron chi connectivity index (χ2n) is 5.74. The smallest absolute Gasteiger partial charge is 0.159 e. The summed E-state index contributed by atoms with van der Waals surface area (Å²) >= 11 is 0. The second-order valence-corrected chi connectivity index (χ2v) is 5.74. The number of hydrogen-bond donors (Lipinski definition) is 1. The predicted octanol–water partition coefficient (Wildman–Crippen LogP) is -0.456. The number of aromatic carboxylic acids is 1. The first kappa shape index (κ1) is 14.8. The van der Waals surface area contributed by atoms with E-state index < -0.39 is 5.97 Å². The van der Waals surface area contributed by atoms with Gasteiger partial charge in [-0.05, 0) is 17.7 Å². The molecule has 2 heterocycles. The Bertz CT molecular complexity index is 616. The number of benzene rings is 1. The van der Waals surface area contributed by atoms with Gasteiger partial charge in [-0.25, -0.2) is 0 Å². The van der Waals surface area contributed by atoms with Crippen LogP contribution in [0.25, 0.3) is 0 Å². The van der Waals surface area contributed by atoms with E-state index in [0.717, 1.165) is 39.3 Å². The highest BCUT2D eigenvalue weighted by molar-refractivity contribution is 5.82. The van der Waals surface area contributed by atoms with Gasteiger partial charge in [0.05, 0.1) is 13.1 Å². The summed E-state index contributed by atoms with van der Waals surface area (Å²) in [5, 5.41) is 10.7. The van der Waals surface area contributed by atoms with Crippen molar-refractivity contribution in [1.82, 2.24) is 4.90 Å². The molecule has 0 radical (unpaired) electrons. The number of furan rings is 1. The molecule has 116 valence electrons. The van der Waals surface area contributed by atoms with Crippen molar-refractivity contribution in [2.24, 2.45) is 0 Å². The van der Waals surface area contributed by atoms with E-state index in [1.807, 2.05) is 6.07 Å². The molecular weight excluding hydrogens is 280 g/mol. The quantitative estimate of drug-likeness (QED) is 0.812. The summed E-state index contributed by atoms with van der Waals surface area (Å²) in [5.74, 6) is -0.628. The Kier molecular flexibility index (Phi) is 4.56. The van der Waals surface area contributed by atoms with Gasteiger partial charge in [0.2, 0.25) is 0 Å². The lowest BCUT2D eigenvalue weighted by Crippen LogP contribution is -3.13. The monoisotopic (exact) mass is 300 g/mol. The van der Waals surface area contributed by atoms with Crippen LogP contribution in [-0.2, 0) is 13.1 Å². The van der Waals surface area contributed by atoms with Crippen LogP contribution in [0.3, 0.4) is 0 Å². The van der Waals surface area contributed by atoms with Gasteiger partial charge in [0, 0.05) is 19.6 Å². The molecule has 1 aliphatic heterocycles. The van der Waals surface area contributed by atoms with E-state index in [2.05, 4.69) is 29.2 Å². The van der Waals surface area contributed by atoms with Gasteiger partial charge in [-0.1, -0.05) is 30.3 Å². The molecule has 0 saturated carbocycles. The largest absolute Gasteiger partial charge is 0.542 e. The summed E-state index contributed by atoms with van der Waals surface area (Å²) in [6.45, 7) is 5.87. The molecule has 0 amide bonds. The third kappa shape index (κ3) is 3.75. The Morgan fingerprint density at radius 1 is 1.14 bits per heavy atom. The zero-order valence-corrected chi connectivity index (χ0v) is 12.5. The van der Waals surface area contributed by atoms with Crippen molar-refractivity contribution in [3.8, 4) is 0 Å². The maximum Gasteiger partial charge on any atom is 0.159 e. The minimum atomic E-state index is -1.26. The number of nitrogens with zero attached hydrogens (tertiary/aromatic N) is 1. The number of quaternary nitrogens is 1. The van der Waals surface area contributed by atoms with Gasteiger partial charge in [-0.3, -0.25) is 4.90 Å². The SMILES string of the molecule is O=C([O-])c1ccc(C[NH+]2CCN(Cc3ccccc3)CC2)o1. The maximum absolute atomic E-state index is 10.7. The van der Waals surface area contributed by atoms with E-state index >= 15 is 0 Å². The Hall–Kier alpha value is -2.11. The van der Waals surface area contributed by atoms with Crippen LogP contribution in [0.5, 0.6) is 0 Å². The van der Waals surface area contributed by atoms with E-state index in [1.165, 1.54) is 16.5 Å². The van der Waals surface area contributed by atoms with Gasteiger partial charge >= 0.3 is 0 Å². The Morgan fingerprint density at radius 2 is 1.86 bits per heavy atom. The highest BCUT2D eigenvalue weighted by atomic mass is 16.4. The summed E-state index contributed by atoms with van der Waals surface area (Å²) in [4.78, 5) is 14.6. The standard InChI is InChI=1S/C17H20N2O3/c20-17(21)16-7-6-15(22-16)13-19-10-8-18(9-11-19)12-14-4-2-1-3-5-14/h1-7H,8-13H2,(H,20,21). The Morgan fingerprint density at radius 3 is 2.50 bits per heavy atom. The molecule has 5 heteroatoms. The van der Waals surface area contributed by atoms with Crippen LogP contribution in [0.1, 0.15) is 21.9 Å². The van der Waals surface area contributed by atoms with Crippen LogP contribution in [0.4, 0.5) is 0 Å². The lowest BCUT2D eigenvalue weighted by molar-refractivity contribution is -0.919. The lowest BCUT2D eigenvalue weighted by Gasteiger charge is -2.31. The molecule has 1 fully saturated rings. The van der Waals surface area contributed by atoms with Crippen LogP contribution in [-0.4, -0.2) is 37.0 Å². The fourth-order valence-corrected chi connectivity index (χ4v) is 2.87. The fourth-order valence-electron chi connectivity index (χ4n) is 2.87. The predicted molar refractivity (Wildman–Crippen MR) is 79.2 cm³/mol. The van der Waals surface area contributed by atoms with Crippen molar-refractivity contribution >= 4 is 5.97 Å². The molecule has 0 aliphatic carbocycles. The lowest BCUT2D eigenvalue weighted by atomic mass is 10.2. The molecule has 1 aromatic heterocycles. The van der Waals surface area contributed by atoms with Gasteiger partial charge in [0.25, 0.3) is 0 Å². The molecule has 0 spiro atoms. The average molecular weight is 300 g/mol. The first-order valence-electron chi connectivity index (χ1n) is 7.60. The van der Waals surface area contributed by atoms with Crippen molar-refractivity contribution in [3.05, 3.63) is 59.5 Å². The number of carboxylic acid groups (broad SMARTS) is 1. The average Bonchev–Trinajstić information content (AvgIpc) is 2.99. The highest BCUT2D eigenvalue weighted by Crippen LogP contribution is 2.07. The van der Waals surface area contributed by atoms with Gasteiger partial charge in [0.15, 0.2) is 5.76 Å². The minimum absolute atomic E-state index is 0.0860. The number of carboxylic acids is 1. The summed E-state index contributed by atoms with van der Waals surface area (Å²) in [6, 6.07) is 13.7. The molecule has 2 aromatic rings. The second kappa shape index (κ2) is 6.77. The number of carbonyl (C=O) groups excluding carboxylic acids is 1. The summed E-state index contributed by atoms with van der Waals surface area (Å²) in [5.41, 5.74) is 1.34. The first-order valence-corrected chi connectivity index (χ1v) is 7.60. The van der Waals surface area contributed by atoms with E-state index in [4.69, 9.17) is 4.42 Å². The zero-order valence-electron chi connectivity index (χ0n) is 12.5. The molecule has 1 aromatic carbocycles. The van der Waals surface area contributed by atoms with E-state index in [-0.39, 0.29) is 5.76 Å². The zero-order chi connectivity index (χ0) is 15.4. The van der Waals surface area contributed by atoms with Gasteiger partial charge < -0.3 is 19.2 Å². The maximum atomic E-state index is 10.7. The molecular formula is C17H20N2O3. The van der Waals surface area contributed by atoms with Crippen molar-refractivity contribution in [1.29, 1.82) is 0 Å². The van der Waals surface area contributed by atoms with Gasteiger partial charge in [-0.15, -0.1) is 0 Å². The molecule has 1 saturated heterocycles. The number of nitrogens with one attached hydrogen (secondary N) is 1. The number of carbonyl (C=O) groups is 1. The number of hydrogen-bond acceptors (Lipinski definition) is 4. The van der Waals surface area contributed by atoms with E-state index in [0.29, 0.717) is 5.76 Å². The molecule has 0 unspecified atom stereocenters. The molecule has 1 N–H and O–H groups in total. The van der Waals surface area contributed by atoms with E-state index in [1.54, 1.807) is 6.07 Å². The van der Waals surface area contributed by atoms with Crippen molar-refractivity contribution in [3.63, 3.8) is 0 Å². The van der Waals surface area contributed by atoms with Crippen molar-refractivity contribution in [2.45, 2.75) is 13.1 Å². The van der Waals surface area contributed by atoms with Gasteiger partial charge in [-0.2, -0.15) is 0 Å².